The number of ether oxygens (including phenoxy) is 3. The number of aliphatic imine (C=N–C) groups is 1. The van der Waals surface area contributed by atoms with Crippen molar-refractivity contribution in [3.8, 4) is 17.2 Å². The van der Waals surface area contributed by atoms with E-state index in [1.807, 2.05) is 12.1 Å². The van der Waals surface area contributed by atoms with Gasteiger partial charge in [0.15, 0.2) is 5.96 Å². The topological polar surface area (TPSA) is 78.1 Å². The largest absolute Gasteiger partial charge is 0.496 e. The average molecular weight is 309 g/mol. The Bertz CT molecular complexity index is 478. The van der Waals surface area contributed by atoms with Crippen molar-refractivity contribution in [3.63, 3.8) is 0 Å². The molecule has 3 N–H and O–H groups in total. The van der Waals surface area contributed by atoms with Crippen molar-refractivity contribution in [1.29, 1.82) is 0 Å². The lowest BCUT2D eigenvalue weighted by Gasteiger charge is -2.15. The monoisotopic (exact) mass is 309 g/mol. The van der Waals surface area contributed by atoms with Crippen LogP contribution < -0.4 is 25.3 Å². The molecule has 22 heavy (non-hydrogen) atoms. The number of hydrogen-bond donors (Lipinski definition) is 2. The highest BCUT2D eigenvalue weighted by atomic mass is 16.5. The predicted molar refractivity (Wildman–Crippen MR) is 89.2 cm³/mol. The van der Waals surface area contributed by atoms with E-state index in [1.165, 1.54) is 0 Å². The summed E-state index contributed by atoms with van der Waals surface area (Å²) in [6.45, 7) is 4.71. The highest BCUT2D eigenvalue weighted by Gasteiger charge is 2.12. The SMILES string of the molecule is CCC(C)NC(N)=NCCc1c(OC)cc(OC)cc1OC. The van der Waals surface area contributed by atoms with Crippen LogP contribution in [0.2, 0.25) is 0 Å². The molecule has 0 aromatic heterocycles. The number of nitrogens with one attached hydrogen (secondary N) is 1. The maximum absolute atomic E-state index is 5.86. The molecule has 0 fully saturated rings. The number of guanidine groups is 1. The van der Waals surface area contributed by atoms with E-state index in [2.05, 4.69) is 24.2 Å². The first-order chi connectivity index (χ1) is 10.5. The molecule has 0 spiro atoms. The van der Waals surface area contributed by atoms with Gasteiger partial charge < -0.3 is 25.3 Å². The van der Waals surface area contributed by atoms with Crippen LogP contribution in [-0.4, -0.2) is 39.9 Å². The van der Waals surface area contributed by atoms with E-state index in [9.17, 15) is 0 Å². The first kappa shape index (κ1) is 17.9. The Labute approximate surface area is 132 Å². The molecular weight excluding hydrogens is 282 g/mol. The van der Waals surface area contributed by atoms with E-state index >= 15 is 0 Å². The zero-order valence-corrected chi connectivity index (χ0v) is 14.1. The maximum Gasteiger partial charge on any atom is 0.188 e. The Morgan fingerprint density at radius 1 is 1.18 bits per heavy atom. The molecule has 0 aliphatic carbocycles. The predicted octanol–water partition coefficient (Wildman–Crippen LogP) is 1.96. The van der Waals surface area contributed by atoms with Gasteiger partial charge in [-0.2, -0.15) is 0 Å². The molecule has 0 heterocycles. The van der Waals surface area contributed by atoms with E-state index in [0.717, 1.165) is 23.5 Å². The van der Waals surface area contributed by atoms with Gasteiger partial charge in [-0.15, -0.1) is 0 Å². The van der Waals surface area contributed by atoms with Crippen LogP contribution in [-0.2, 0) is 6.42 Å². The molecule has 1 aromatic rings. The van der Waals surface area contributed by atoms with Gasteiger partial charge in [0.05, 0.1) is 21.3 Å². The number of methoxy groups -OCH3 is 3. The number of nitrogens with zero attached hydrogens (tertiary/aromatic N) is 1. The van der Waals surface area contributed by atoms with Crippen molar-refractivity contribution in [2.24, 2.45) is 10.7 Å². The van der Waals surface area contributed by atoms with Crippen molar-refractivity contribution in [2.45, 2.75) is 32.7 Å². The summed E-state index contributed by atoms with van der Waals surface area (Å²) < 4.78 is 16.1. The molecule has 0 saturated heterocycles. The zero-order valence-electron chi connectivity index (χ0n) is 14.1. The molecule has 0 aliphatic rings. The van der Waals surface area contributed by atoms with Gasteiger partial charge in [-0.3, -0.25) is 4.99 Å². The van der Waals surface area contributed by atoms with Crippen molar-refractivity contribution >= 4 is 5.96 Å². The molecule has 0 amide bonds. The van der Waals surface area contributed by atoms with E-state index in [1.54, 1.807) is 21.3 Å². The third kappa shape index (κ3) is 5.02. The first-order valence-electron chi connectivity index (χ1n) is 7.41. The van der Waals surface area contributed by atoms with Gasteiger partial charge in [0, 0.05) is 30.3 Å². The minimum absolute atomic E-state index is 0.314. The lowest BCUT2D eigenvalue weighted by Crippen LogP contribution is -2.38. The molecule has 1 atom stereocenters. The van der Waals surface area contributed by atoms with E-state index in [4.69, 9.17) is 19.9 Å². The molecule has 1 rings (SSSR count). The highest BCUT2D eigenvalue weighted by molar-refractivity contribution is 5.78. The third-order valence-electron chi connectivity index (χ3n) is 3.47. The fraction of sp³-hybridized carbons (Fsp3) is 0.562. The summed E-state index contributed by atoms with van der Waals surface area (Å²) in [7, 11) is 4.86. The molecule has 124 valence electrons. The molecule has 1 unspecified atom stereocenters. The summed E-state index contributed by atoms with van der Waals surface area (Å²) >= 11 is 0. The van der Waals surface area contributed by atoms with Gasteiger partial charge in [0.25, 0.3) is 0 Å². The van der Waals surface area contributed by atoms with Crippen LogP contribution in [0.25, 0.3) is 0 Å². The minimum Gasteiger partial charge on any atom is -0.496 e. The van der Waals surface area contributed by atoms with Crippen LogP contribution in [0.15, 0.2) is 17.1 Å². The number of nitrogens with two attached hydrogens (primary N) is 1. The van der Waals surface area contributed by atoms with Gasteiger partial charge in [0.2, 0.25) is 0 Å². The van der Waals surface area contributed by atoms with Crippen molar-refractivity contribution in [3.05, 3.63) is 17.7 Å². The van der Waals surface area contributed by atoms with Gasteiger partial charge >= 0.3 is 0 Å². The number of benzene rings is 1. The summed E-state index contributed by atoms with van der Waals surface area (Å²) in [6.07, 6.45) is 1.66. The second-order valence-corrected chi connectivity index (χ2v) is 4.98. The quantitative estimate of drug-likeness (QED) is 0.567. The molecule has 6 heteroatoms. The molecule has 0 saturated carbocycles. The summed E-state index contributed by atoms with van der Waals surface area (Å²) in [5, 5.41) is 3.14. The summed E-state index contributed by atoms with van der Waals surface area (Å²) in [5.41, 5.74) is 6.81. The lowest BCUT2D eigenvalue weighted by atomic mass is 10.1. The second-order valence-electron chi connectivity index (χ2n) is 4.98. The summed E-state index contributed by atoms with van der Waals surface area (Å²) in [4.78, 5) is 4.34. The average Bonchev–Trinajstić information content (AvgIpc) is 2.54. The Morgan fingerprint density at radius 2 is 1.77 bits per heavy atom. The second kappa shape index (κ2) is 9.02. The maximum atomic E-state index is 5.86. The first-order valence-corrected chi connectivity index (χ1v) is 7.41. The molecule has 0 radical (unpaired) electrons. The molecule has 0 bridgehead atoms. The summed E-state index contributed by atoms with van der Waals surface area (Å²) in [6, 6.07) is 3.99. The van der Waals surface area contributed by atoms with Crippen molar-refractivity contribution in [1.82, 2.24) is 5.32 Å². The van der Waals surface area contributed by atoms with Gasteiger partial charge in [-0.25, -0.2) is 0 Å². The van der Waals surface area contributed by atoms with Gasteiger partial charge in [-0.05, 0) is 19.8 Å². The Hall–Kier alpha value is -2.11. The number of hydrogen-bond acceptors (Lipinski definition) is 4. The van der Waals surface area contributed by atoms with Crippen molar-refractivity contribution in [2.75, 3.05) is 27.9 Å². The molecule has 6 nitrogen and oxygen atoms in total. The molecule has 0 aliphatic heterocycles. The molecular formula is C16H27N3O3. The Balaban J connectivity index is 2.82. The zero-order chi connectivity index (χ0) is 16.5. The highest BCUT2D eigenvalue weighted by Crippen LogP contribution is 2.34. The van der Waals surface area contributed by atoms with Crippen LogP contribution >= 0.6 is 0 Å². The van der Waals surface area contributed by atoms with Crippen LogP contribution in [0.4, 0.5) is 0 Å². The third-order valence-corrected chi connectivity index (χ3v) is 3.47. The fourth-order valence-electron chi connectivity index (χ4n) is 2.01. The van der Waals surface area contributed by atoms with Crippen LogP contribution in [0, 0.1) is 0 Å². The van der Waals surface area contributed by atoms with Crippen LogP contribution in [0.5, 0.6) is 17.2 Å². The smallest absolute Gasteiger partial charge is 0.188 e. The lowest BCUT2D eigenvalue weighted by molar-refractivity contribution is 0.369. The molecule has 1 aromatic carbocycles. The fourth-order valence-corrected chi connectivity index (χ4v) is 2.01. The van der Waals surface area contributed by atoms with Crippen LogP contribution in [0.1, 0.15) is 25.8 Å². The minimum atomic E-state index is 0.314. The van der Waals surface area contributed by atoms with E-state index < -0.39 is 0 Å². The van der Waals surface area contributed by atoms with E-state index in [-0.39, 0.29) is 0 Å². The van der Waals surface area contributed by atoms with Crippen LogP contribution in [0.3, 0.4) is 0 Å². The Morgan fingerprint density at radius 3 is 2.23 bits per heavy atom. The van der Waals surface area contributed by atoms with Gasteiger partial charge in [0.1, 0.15) is 17.2 Å². The van der Waals surface area contributed by atoms with Gasteiger partial charge in [-0.1, -0.05) is 6.92 Å². The summed E-state index contributed by atoms with van der Waals surface area (Å²) in [5.74, 6) is 2.60. The number of rotatable bonds is 8. The van der Waals surface area contributed by atoms with Crippen molar-refractivity contribution < 1.29 is 14.2 Å². The standard InChI is InChI=1S/C16H27N3O3/c1-6-11(2)19-16(17)18-8-7-13-14(21-4)9-12(20-3)10-15(13)22-5/h9-11H,6-8H2,1-5H3,(H3,17,18,19). The normalized spacial score (nSPS) is 12.7. The van der Waals surface area contributed by atoms with E-state index in [0.29, 0.717) is 30.7 Å². The Kier molecular flexibility index (Phi) is 7.36.